The fourth-order valence-electron chi connectivity index (χ4n) is 1.88. The summed E-state index contributed by atoms with van der Waals surface area (Å²) < 4.78 is 6.09. The normalized spacial score (nSPS) is 11.0. The number of aromatic nitrogens is 3. The Morgan fingerprint density at radius 1 is 1.52 bits per heavy atom. The minimum Gasteiger partial charge on any atom is -0.506 e. The van der Waals surface area contributed by atoms with Crippen molar-refractivity contribution in [2.75, 3.05) is 20.0 Å². The monoisotopic (exact) mass is 311 g/mol. The highest BCUT2D eigenvalue weighted by Crippen LogP contribution is 2.25. The molecule has 2 rings (SSSR count). The topological polar surface area (TPSA) is 115 Å². The molecule has 0 fully saturated rings. The van der Waals surface area contributed by atoms with Crippen molar-refractivity contribution < 1.29 is 19.7 Å². The highest BCUT2D eigenvalue weighted by atomic mass is 32.2. The van der Waals surface area contributed by atoms with Crippen LogP contribution in [-0.4, -0.2) is 50.7 Å². The van der Waals surface area contributed by atoms with Gasteiger partial charge in [-0.2, -0.15) is 0 Å². The number of nitrogens with zero attached hydrogens (tertiary/aromatic N) is 3. The van der Waals surface area contributed by atoms with E-state index in [-0.39, 0.29) is 24.2 Å². The predicted octanol–water partition coefficient (Wildman–Crippen LogP) is 0.564. The summed E-state index contributed by atoms with van der Waals surface area (Å²) in [4.78, 5) is 31.6. The smallest absolute Gasteiger partial charge is 0.345 e. The summed E-state index contributed by atoms with van der Waals surface area (Å²) in [6, 6.07) is 0. The first kappa shape index (κ1) is 15.3. The third-order valence-electron chi connectivity index (χ3n) is 2.87. The third kappa shape index (κ3) is 2.69. The van der Waals surface area contributed by atoms with Crippen LogP contribution in [0.2, 0.25) is 0 Å². The Morgan fingerprint density at radius 3 is 2.81 bits per heavy atom. The van der Waals surface area contributed by atoms with Crippen LogP contribution in [0, 0.1) is 0 Å². The fourth-order valence-corrected chi connectivity index (χ4v) is 2.21. The molecule has 2 aromatic heterocycles. The number of methoxy groups -OCH3 is 1. The maximum Gasteiger partial charge on any atom is 0.345 e. The zero-order chi connectivity index (χ0) is 15.6. The number of pyridine rings is 1. The number of hydrogen-bond acceptors (Lipinski definition) is 7. The lowest BCUT2D eigenvalue weighted by Gasteiger charge is -2.12. The number of aromatic hydroxyl groups is 1. The van der Waals surface area contributed by atoms with Crippen LogP contribution in [-0.2, 0) is 11.3 Å². The Labute approximate surface area is 123 Å². The maximum absolute atomic E-state index is 12.3. The van der Waals surface area contributed by atoms with Gasteiger partial charge in [0.1, 0.15) is 5.75 Å². The molecule has 0 atom stereocenters. The Bertz CT molecular complexity index is 759. The van der Waals surface area contributed by atoms with Crippen LogP contribution in [0.15, 0.2) is 16.1 Å². The van der Waals surface area contributed by atoms with Gasteiger partial charge in [-0.05, 0) is 6.26 Å². The van der Waals surface area contributed by atoms with Gasteiger partial charge < -0.3 is 14.9 Å². The standard InChI is InChI=1S/C12H13N3O5S/c1-20-4-3-15-9-6(5-13-12(14-9)21-2)8(16)7(10(15)17)11(18)19/h5,16H,3-4H2,1-2H3,(H,18,19). The van der Waals surface area contributed by atoms with Crippen LogP contribution < -0.4 is 5.56 Å². The number of carboxylic acid groups (broad SMARTS) is 1. The van der Waals surface area contributed by atoms with E-state index in [1.54, 1.807) is 6.26 Å². The number of rotatable bonds is 5. The van der Waals surface area contributed by atoms with E-state index in [2.05, 4.69) is 9.97 Å². The summed E-state index contributed by atoms with van der Waals surface area (Å²) in [6.07, 6.45) is 3.07. The molecule has 0 bridgehead atoms. The molecule has 112 valence electrons. The molecule has 9 heteroatoms. The Balaban J connectivity index is 2.86. The zero-order valence-electron chi connectivity index (χ0n) is 11.4. The van der Waals surface area contributed by atoms with Gasteiger partial charge in [-0.15, -0.1) is 0 Å². The van der Waals surface area contributed by atoms with Crippen LogP contribution >= 0.6 is 11.8 Å². The second kappa shape index (κ2) is 6.10. The van der Waals surface area contributed by atoms with Crippen LogP contribution in [0.3, 0.4) is 0 Å². The van der Waals surface area contributed by atoms with Crippen molar-refractivity contribution in [3.63, 3.8) is 0 Å². The van der Waals surface area contributed by atoms with Crippen LogP contribution in [0.1, 0.15) is 10.4 Å². The van der Waals surface area contributed by atoms with Gasteiger partial charge in [0.05, 0.1) is 18.5 Å². The van der Waals surface area contributed by atoms with Gasteiger partial charge in [0.25, 0.3) is 5.56 Å². The van der Waals surface area contributed by atoms with Crippen LogP contribution in [0.5, 0.6) is 5.75 Å². The summed E-state index contributed by atoms with van der Waals surface area (Å²) in [7, 11) is 1.47. The van der Waals surface area contributed by atoms with Crippen molar-refractivity contribution in [2.24, 2.45) is 0 Å². The predicted molar refractivity (Wildman–Crippen MR) is 76.1 cm³/mol. The molecule has 0 unspecified atom stereocenters. The molecule has 0 aliphatic rings. The number of fused-ring (bicyclic) bond motifs is 1. The van der Waals surface area contributed by atoms with Crippen molar-refractivity contribution in [3.05, 3.63) is 22.1 Å². The lowest BCUT2D eigenvalue weighted by molar-refractivity contribution is 0.0691. The van der Waals surface area contributed by atoms with E-state index in [4.69, 9.17) is 9.84 Å². The molecule has 0 spiro atoms. The average molecular weight is 311 g/mol. The molecule has 0 aliphatic carbocycles. The molecular formula is C12H13N3O5S. The molecule has 0 radical (unpaired) electrons. The van der Waals surface area contributed by atoms with E-state index in [9.17, 15) is 14.7 Å². The molecule has 0 aliphatic heterocycles. The van der Waals surface area contributed by atoms with Crippen molar-refractivity contribution in [1.82, 2.24) is 14.5 Å². The van der Waals surface area contributed by atoms with Crippen molar-refractivity contribution >= 4 is 28.8 Å². The van der Waals surface area contributed by atoms with Gasteiger partial charge in [0.15, 0.2) is 16.4 Å². The highest BCUT2D eigenvalue weighted by molar-refractivity contribution is 7.98. The SMILES string of the molecule is COCCn1c(=O)c(C(=O)O)c(O)c2cnc(SC)nc21. The number of aromatic carboxylic acids is 1. The lowest BCUT2D eigenvalue weighted by atomic mass is 10.2. The maximum atomic E-state index is 12.3. The number of carboxylic acids is 1. The van der Waals surface area contributed by atoms with E-state index >= 15 is 0 Å². The summed E-state index contributed by atoms with van der Waals surface area (Å²) in [5.74, 6) is -2.12. The third-order valence-corrected chi connectivity index (χ3v) is 3.43. The minimum absolute atomic E-state index is 0.112. The second-order valence-electron chi connectivity index (χ2n) is 4.07. The highest BCUT2D eigenvalue weighted by Gasteiger charge is 2.22. The number of hydrogen-bond donors (Lipinski definition) is 2. The molecular weight excluding hydrogens is 298 g/mol. The fraction of sp³-hybridized carbons (Fsp3) is 0.333. The number of thioether (sulfide) groups is 1. The van der Waals surface area contributed by atoms with Gasteiger partial charge in [-0.25, -0.2) is 14.8 Å². The van der Waals surface area contributed by atoms with Crippen LogP contribution in [0.4, 0.5) is 0 Å². The first-order valence-electron chi connectivity index (χ1n) is 5.90. The molecule has 0 aromatic carbocycles. The molecule has 0 saturated heterocycles. The zero-order valence-corrected chi connectivity index (χ0v) is 12.2. The molecule has 2 N–H and O–H groups in total. The summed E-state index contributed by atoms with van der Waals surface area (Å²) >= 11 is 1.27. The summed E-state index contributed by atoms with van der Waals surface area (Å²) in [6.45, 7) is 0.328. The van der Waals surface area contributed by atoms with E-state index in [1.165, 1.54) is 29.6 Å². The molecule has 2 heterocycles. The quantitative estimate of drug-likeness (QED) is 0.608. The molecule has 8 nitrogen and oxygen atoms in total. The van der Waals surface area contributed by atoms with E-state index < -0.39 is 22.8 Å². The minimum atomic E-state index is -1.50. The number of carbonyl (C=O) groups is 1. The van der Waals surface area contributed by atoms with Crippen LogP contribution in [0.25, 0.3) is 11.0 Å². The summed E-state index contributed by atoms with van der Waals surface area (Å²) in [5.41, 5.74) is -1.34. The van der Waals surface area contributed by atoms with Gasteiger partial charge in [-0.1, -0.05) is 11.8 Å². The van der Waals surface area contributed by atoms with Gasteiger partial charge in [0.2, 0.25) is 0 Å². The Morgan fingerprint density at radius 2 is 2.24 bits per heavy atom. The Hall–Kier alpha value is -2.13. The van der Waals surface area contributed by atoms with Crippen molar-refractivity contribution in [2.45, 2.75) is 11.7 Å². The van der Waals surface area contributed by atoms with Gasteiger partial charge in [-0.3, -0.25) is 9.36 Å². The molecule has 2 aromatic rings. The van der Waals surface area contributed by atoms with Crippen molar-refractivity contribution in [3.8, 4) is 5.75 Å². The lowest BCUT2D eigenvalue weighted by Crippen LogP contribution is -2.29. The molecule has 21 heavy (non-hydrogen) atoms. The first-order chi connectivity index (χ1) is 10.0. The van der Waals surface area contributed by atoms with E-state index in [0.29, 0.717) is 5.16 Å². The summed E-state index contributed by atoms with van der Waals surface area (Å²) in [5, 5.41) is 19.6. The van der Waals surface area contributed by atoms with E-state index in [0.717, 1.165) is 0 Å². The Kier molecular flexibility index (Phi) is 4.43. The number of ether oxygens (including phenoxy) is 1. The van der Waals surface area contributed by atoms with Gasteiger partial charge in [0, 0.05) is 13.3 Å². The second-order valence-corrected chi connectivity index (χ2v) is 4.85. The van der Waals surface area contributed by atoms with E-state index in [1.807, 2.05) is 0 Å². The molecule has 0 amide bonds. The molecule has 0 saturated carbocycles. The van der Waals surface area contributed by atoms with Gasteiger partial charge >= 0.3 is 5.97 Å². The largest absolute Gasteiger partial charge is 0.506 e. The first-order valence-corrected chi connectivity index (χ1v) is 7.12. The van der Waals surface area contributed by atoms with Crippen molar-refractivity contribution in [1.29, 1.82) is 0 Å². The average Bonchev–Trinajstić information content (AvgIpc) is 2.46.